The molecule has 1 aliphatic heterocycles. The van der Waals surface area contributed by atoms with Crippen molar-refractivity contribution in [3.63, 3.8) is 0 Å². The quantitative estimate of drug-likeness (QED) is 0.892. The second-order valence-electron chi connectivity index (χ2n) is 6.30. The molecule has 5 heteroatoms. The van der Waals surface area contributed by atoms with E-state index in [0.29, 0.717) is 24.8 Å². The molecule has 1 amide bonds. The minimum atomic E-state index is 0. The number of carbonyl (C=O) groups is 1. The van der Waals surface area contributed by atoms with Crippen LogP contribution in [0.25, 0.3) is 0 Å². The van der Waals surface area contributed by atoms with Crippen molar-refractivity contribution < 1.29 is 9.53 Å². The Morgan fingerprint density at radius 2 is 1.80 bits per heavy atom. The van der Waals surface area contributed by atoms with Crippen LogP contribution in [-0.4, -0.2) is 37.6 Å². The average Bonchev–Trinajstić information content (AvgIpc) is 3.07. The van der Waals surface area contributed by atoms with Gasteiger partial charge in [0.15, 0.2) is 0 Å². The minimum Gasteiger partial charge on any atom is -0.496 e. The lowest BCUT2D eigenvalue weighted by Crippen LogP contribution is -2.31. The molecular formula is C20H25ClN2O2. The number of hydrogen-bond acceptors (Lipinski definition) is 3. The van der Waals surface area contributed by atoms with Crippen LogP contribution in [-0.2, 0) is 11.2 Å². The fraction of sp³-hybridized carbons (Fsp3) is 0.350. The third-order valence-corrected chi connectivity index (χ3v) is 4.86. The first kappa shape index (κ1) is 19.3. The Morgan fingerprint density at radius 1 is 1.12 bits per heavy atom. The molecule has 0 bridgehead atoms. The molecule has 2 aromatic rings. The molecular weight excluding hydrogens is 336 g/mol. The Kier molecular flexibility index (Phi) is 6.85. The lowest BCUT2D eigenvalue weighted by Gasteiger charge is -2.17. The monoisotopic (exact) mass is 360 g/mol. The number of halogens is 1. The van der Waals surface area contributed by atoms with E-state index in [4.69, 9.17) is 10.5 Å². The van der Waals surface area contributed by atoms with Crippen LogP contribution in [0, 0.1) is 5.92 Å². The molecule has 0 unspecified atom stereocenters. The zero-order chi connectivity index (χ0) is 16.9. The summed E-state index contributed by atoms with van der Waals surface area (Å²) in [6.45, 7) is 2.06. The predicted molar refractivity (Wildman–Crippen MR) is 102 cm³/mol. The zero-order valence-electron chi connectivity index (χ0n) is 14.4. The number of hydrogen-bond donors (Lipinski definition) is 1. The fourth-order valence-electron chi connectivity index (χ4n) is 3.52. The van der Waals surface area contributed by atoms with E-state index < -0.39 is 0 Å². The summed E-state index contributed by atoms with van der Waals surface area (Å²) in [5.74, 6) is 1.53. The highest BCUT2D eigenvalue weighted by Gasteiger charge is 2.35. The van der Waals surface area contributed by atoms with E-state index in [2.05, 4.69) is 12.1 Å². The van der Waals surface area contributed by atoms with Gasteiger partial charge < -0.3 is 15.4 Å². The van der Waals surface area contributed by atoms with Crippen molar-refractivity contribution in [1.82, 2.24) is 4.90 Å². The molecule has 1 aliphatic rings. The third-order valence-electron chi connectivity index (χ3n) is 4.86. The number of methoxy groups -OCH3 is 1. The van der Waals surface area contributed by atoms with Gasteiger partial charge in [0.25, 0.3) is 0 Å². The highest BCUT2D eigenvalue weighted by molar-refractivity contribution is 5.85. The minimum absolute atomic E-state index is 0. The van der Waals surface area contributed by atoms with Crippen molar-refractivity contribution in [2.45, 2.75) is 12.3 Å². The van der Waals surface area contributed by atoms with Gasteiger partial charge in [-0.2, -0.15) is 0 Å². The smallest absolute Gasteiger partial charge is 0.227 e. The van der Waals surface area contributed by atoms with Crippen LogP contribution < -0.4 is 10.5 Å². The molecule has 0 aliphatic carbocycles. The van der Waals surface area contributed by atoms with E-state index in [1.165, 1.54) is 5.56 Å². The van der Waals surface area contributed by atoms with E-state index in [-0.39, 0.29) is 18.3 Å². The molecule has 1 saturated heterocycles. The van der Waals surface area contributed by atoms with Gasteiger partial charge in [-0.3, -0.25) is 4.79 Å². The van der Waals surface area contributed by atoms with Crippen LogP contribution in [0.15, 0.2) is 54.6 Å². The molecule has 2 aromatic carbocycles. The Labute approximate surface area is 155 Å². The predicted octanol–water partition coefficient (Wildman–Crippen LogP) is 2.86. The van der Waals surface area contributed by atoms with Crippen LogP contribution in [0.4, 0.5) is 0 Å². The SMILES string of the molecule is COc1ccccc1CC(=O)N1C[C@@H](CN)[C@H](c2ccccc2)C1.Cl. The van der Waals surface area contributed by atoms with E-state index in [1.54, 1.807) is 7.11 Å². The first-order valence-corrected chi connectivity index (χ1v) is 8.37. The van der Waals surface area contributed by atoms with Crippen LogP contribution in [0.2, 0.25) is 0 Å². The number of carbonyl (C=O) groups excluding carboxylic acids is 1. The fourth-order valence-corrected chi connectivity index (χ4v) is 3.52. The van der Waals surface area contributed by atoms with Crippen molar-refractivity contribution in [3.8, 4) is 5.75 Å². The molecule has 2 N–H and O–H groups in total. The van der Waals surface area contributed by atoms with E-state index in [0.717, 1.165) is 24.4 Å². The Morgan fingerprint density at radius 3 is 2.48 bits per heavy atom. The summed E-state index contributed by atoms with van der Waals surface area (Å²) in [5, 5.41) is 0. The number of ether oxygens (including phenoxy) is 1. The third kappa shape index (κ3) is 4.33. The van der Waals surface area contributed by atoms with Crippen molar-refractivity contribution in [2.75, 3.05) is 26.7 Å². The number of likely N-dealkylation sites (tertiary alicyclic amines) is 1. The lowest BCUT2D eigenvalue weighted by atomic mass is 9.89. The molecule has 25 heavy (non-hydrogen) atoms. The summed E-state index contributed by atoms with van der Waals surface area (Å²) in [5.41, 5.74) is 8.16. The Bertz CT molecular complexity index is 693. The first-order chi connectivity index (χ1) is 11.7. The molecule has 2 atom stereocenters. The van der Waals surface area contributed by atoms with Gasteiger partial charge >= 0.3 is 0 Å². The second kappa shape index (κ2) is 8.88. The van der Waals surface area contributed by atoms with Crippen molar-refractivity contribution >= 4 is 18.3 Å². The first-order valence-electron chi connectivity index (χ1n) is 8.37. The molecule has 0 radical (unpaired) electrons. The van der Waals surface area contributed by atoms with Gasteiger partial charge in [0, 0.05) is 24.6 Å². The highest BCUT2D eigenvalue weighted by Crippen LogP contribution is 2.32. The maximum Gasteiger partial charge on any atom is 0.227 e. The number of benzene rings is 2. The number of nitrogens with zero attached hydrogens (tertiary/aromatic N) is 1. The summed E-state index contributed by atoms with van der Waals surface area (Å²) in [7, 11) is 1.63. The van der Waals surface area contributed by atoms with Gasteiger partial charge in [0.2, 0.25) is 5.91 Å². The topological polar surface area (TPSA) is 55.6 Å². The molecule has 0 saturated carbocycles. The van der Waals surface area contributed by atoms with Gasteiger partial charge in [0.1, 0.15) is 5.75 Å². The van der Waals surface area contributed by atoms with Gasteiger partial charge in [0.05, 0.1) is 13.5 Å². The maximum atomic E-state index is 12.8. The summed E-state index contributed by atoms with van der Waals surface area (Å²) in [6.07, 6.45) is 0.364. The molecule has 1 heterocycles. The van der Waals surface area contributed by atoms with Crippen LogP contribution in [0.1, 0.15) is 17.0 Å². The zero-order valence-corrected chi connectivity index (χ0v) is 15.2. The van der Waals surface area contributed by atoms with Gasteiger partial charge in [-0.25, -0.2) is 0 Å². The second-order valence-corrected chi connectivity index (χ2v) is 6.30. The van der Waals surface area contributed by atoms with Gasteiger partial charge in [-0.15, -0.1) is 12.4 Å². The van der Waals surface area contributed by atoms with Gasteiger partial charge in [-0.1, -0.05) is 48.5 Å². The van der Waals surface area contributed by atoms with Crippen molar-refractivity contribution in [2.24, 2.45) is 11.7 Å². The summed E-state index contributed by atoms with van der Waals surface area (Å²) in [6, 6.07) is 18.0. The Balaban J connectivity index is 0.00000225. The van der Waals surface area contributed by atoms with E-state index >= 15 is 0 Å². The summed E-state index contributed by atoms with van der Waals surface area (Å²) >= 11 is 0. The maximum absolute atomic E-state index is 12.8. The lowest BCUT2D eigenvalue weighted by molar-refractivity contribution is -0.129. The standard InChI is InChI=1S/C20H24N2O2.ClH/c1-24-19-10-6-5-9-16(19)11-20(23)22-13-17(12-21)18(14-22)15-7-3-2-4-8-15;/h2-10,17-18H,11-14,21H2,1H3;1H/t17-,18+;/m1./s1. The van der Waals surface area contributed by atoms with Gasteiger partial charge in [-0.05, 0) is 24.1 Å². The van der Waals surface area contributed by atoms with Crippen LogP contribution >= 0.6 is 12.4 Å². The average molecular weight is 361 g/mol. The normalized spacial score (nSPS) is 19.4. The van der Waals surface area contributed by atoms with E-state index in [1.807, 2.05) is 47.4 Å². The largest absolute Gasteiger partial charge is 0.496 e. The number of rotatable bonds is 5. The molecule has 1 fully saturated rings. The highest BCUT2D eigenvalue weighted by atomic mass is 35.5. The molecule has 0 spiro atoms. The number of nitrogens with two attached hydrogens (primary N) is 1. The molecule has 0 aromatic heterocycles. The molecule has 134 valence electrons. The Hall–Kier alpha value is -2.04. The van der Waals surface area contributed by atoms with Crippen LogP contribution in [0.3, 0.4) is 0 Å². The number of para-hydroxylation sites is 1. The van der Waals surface area contributed by atoms with Crippen molar-refractivity contribution in [1.29, 1.82) is 0 Å². The number of amides is 1. The van der Waals surface area contributed by atoms with Crippen molar-refractivity contribution in [3.05, 3.63) is 65.7 Å². The molecule has 3 rings (SSSR count). The van der Waals surface area contributed by atoms with E-state index in [9.17, 15) is 4.79 Å². The van der Waals surface area contributed by atoms with Crippen LogP contribution in [0.5, 0.6) is 5.75 Å². The molecule has 4 nitrogen and oxygen atoms in total. The summed E-state index contributed by atoms with van der Waals surface area (Å²) in [4.78, 5) is 14.7. The summed E-state index contributed by atoms with van der Waals surface area (Å²) < 4.78 is 5.35.